The van der Waals surface area contributed by atoms with E-state index in [4.69, 9.17) is 28.4 Å². The molecule has 4 rings (SSSR count). The number of hydrogen-bond donors (Lipinski definition) is 6. The molecule has 20 nitrogen and oxygen atoms in total. The van der Waals surface area contributed by atoms with Gasteiger partial charge in [0.05, 0.1) is 58.9 Å². The molecule has 406 valence electrons. The average molecular weight is 1030 g/mol. The number of esters is 1. The smallest absolute Gasteiger partial charge is 0.331 e. The highest BCUT2D eigenvalue weighted by Crippen LogP contribution is 2.40. The Balaban J connectivity index is 1.77. The monoisotopic (exact) mass is 1030 g/mol. The van der Waals surface area contributed by atoms with Crippen LogP contribution in [-0.2, 0) is 43.2 Å². The number of cyclic esters (lactones) is 1. The maximum atomic E-state index is 14.6. The minimum absolute atomic E-state index is 0.00356. The molecule has 3 saturated heterocycles. The normalized spacial score (nSPS) is 39.4. The van der Waals surface area contributed by atoms with Crippen LogP contribution in [0.15, 0.2) is 35.2 Å². The van der Waals surface area contributed by atoms with Crippen molar-refractivity contribution in [1.82, 2.24) is 19.4 Å². The van der Waals surface area contributed by atoms with Crippen LogP contribution in [-0.4, -0.2) is 198 Å². The summed E-state index contributed by atoms with van der Waals surface area (Å²) < 4.78 is 66.3. The number of aliphatic hydroxyl groups excluding tert-OH is 3. The Morgan fingerprint density at radius 2 is 1.62 bits per heavy atom. The lowest BCUT2D eigenvalue weighted by molar-refractivity contribution is -0.318. The predicted octanol–water partition coefficient (Wildman–Crippen LogP) is 2.98. The van der Waals surface area contributed by atoms with E-state index in [-0.39, 0.29) is 75.3 Å². The number of likely N-dealkylation sites (N-methyl/N-ethyl adjacent to an activating group) is 1. The Kier molecular flexibility index (Phi) is 21.7. The SMILES string of the molecule is CC[C@H]1OC(=O)[C@@H](C)[C@@H](OC2C[C@](C)(OC)[C@H](O)[C@@H](C)O2)[C@@H](C)[C@@H](O[C@H]2O[C@@H](C)C[C@H](N(C)C)[C@@H]2O)[C@](C)(O)C[C@@H](C)CN(CCCN(CCC#N)C(=O)NS(=O)(=O)c2ccccc2)[C@H](C)[C@@H](O)[C@]1(C)O. The van der Waals surface area contributed by atoms with Crippen LogP contribution in [0.2, 0.25) is 0 Å². The third-order valence-electron chi connectivity index (χ3n) is 15.0. The summed E-state index contributed by atoms with van der Waals surface area (Å²) in [5.74, 6) is -3.19. The molecular formula is C50H85N5O15S. The second-order valence-electron chi connectivity index (χ2n) is 21.2. The first-order chi connectivity index (χ1) is 33.0. The Bertz CT molecular complexity index is 2010. The van der Waals surface area contributed by atoms with Crippen molar-refractivity contribution in [2.75, 3.05) is 47.4 Å². The summed E-state index contributed by atoms with van der Waals surface area (Å²) in [5, 5.41) is 69.6. The number of rotatable bonds is 15. The highest BCUT2D eigenvalue weighted by atomic mass is 32.2. The summed E-state index contributed by atoms with van der Waals surface area (Å²) in [7, 11) is 0.934. The molecule has 21 heteroatoms. The molecule has 3 fully saturated rings. The van der Waals surface area contributed by atoms with Gasteiger partial charge >= 0.3 is 12.0 Å². The maximum Gasteiger partial charge on any atom is 0.331 e. The summed E-state index contributed by atoms with van der Waals surface area (Å²) in [6.07, 6.45) is -9.75. The number of carbonyl (C=O) groups is 2. The van der Waals surface area contributed by atoms with Crippen LogP contribution < -0.4 is 4.72 Å². The number of aliphatic hydroxyl groups is 5. The van der Waals surface area contributed by atoms with Gasteiger partial charge in [-0.3, -0.25) is 9.69 Å². The second-order valence-corrected chi connectivity index (χ2v) is 22.9. The zero-order chi connectivity index (χ0) is 53.4. The number of ether oxygens (including phenoxy) is 6. The number of urea groups is 1. The van der Waals surface area contributed by atoms with Gasteiger partial charge in [-0.15, -0.1) is 0 Å². The van der Waals surface area contributed by atoms with Crippen LogP contribution in [0.25, 0.3) is 0 Å². The summed E-state index contributed by atoms with van der Waals surface area (Å²) in [5.41, 5.74) is -4.87. The van der Waals surface area contributed by atoms with Gasteiger partial charge in [0.2, 0.25) is 0 Å². The van der Waals surface area contributed by atoms with Gasteiger partial charge in [0.25, 0.3) is 10.0 Å². The minimum atomic E-state index is -4.24. The van der Waals surface area contributed by atoms with Crippen LogP contribution in [0.3, 0.4) is 0 Å². The van der Waals surface area contributed by atoms with Crippen molar-refractivity contribution in [2.24, 2.45) is 17.8 Å². The predicted molar refractivity (Wildman–Crippen MR) is 262 cm³/mol. The van der Waals surface area contributed by atoms with Crippen molar-refractivity contribution in [3.63, 3.8) is 0 Å². The third kappa shape index (κ3) is 15.0. The fourth-order valence-corrected chi connectivity index (χ4v) is 11.7. The molecule has 0 aromatic heterocycles. The molecule has 1 aromatic carbocycles. The highest BCUT2D eigenvalue weighted by Gasteiger charge is 2.53. The molecular weight excluding hydrogens is 943 g/mol. The van der Waals surface area contributed by atoms with Gasteiger partial charge in [-0.2, -0.15) is 5.26 Å². The molecule has 6 N–H and O–H groups in total. The average Bonchev–Trinajstić information content (AvgIpc) is 3.30. The number of nitrogens with one attached hydrogen (secondary N) is 1. The molecule has 2 amide bonds. The fourth-order valence-electron chi connectivity index (χ4n) is 10.7. The van der Waals surface area contributed by atoms with Crippen LogP contribution in [0.4, 0.5) is 4.79 Å². The van der Waals surface area contributed by atoms with Crippen molar-refractivity contribution in [2.45, 2.75) is 203 Å². The van der Waals surface area contributed by atoms with Gasteiger partial charge in [0, 0.05) is 57.7 Å². The number of benzene rings is 1. The van der Waals surface area contributed by atoms with Crippen LogP contribution >= 0.6 is 0 Å². The third-order valence-corrected chi connectivity index (χ3v) is 16.3. The summed E-state index contributed by atoms with van der Waals surface area (Å²) >= 11 is 0. The van der Waals surface area contributed by atoms with Crippen molar-refractivity contribution < 1.29 is 72.0 Å². The number of amides is 2. The number of carbonyl (C=O) groups excluding carboxylic acids is 2. The molecule has 0 spiro atoms. The Labute approximate surface area is 421 Å². The van der Waals surface area contributed by atoms with E-state index in [1.165, 1.54) is 43.2 Å². The lowest BCUT2D eigenvalue weighted by atomic mass is 9.77. The fraction of sp³-hybridized carbons (Fsp3) is 0.820. The van der Waals surface area contributed by atoms with Gasteiger partial charge < -0.3 is 63.8 Å². The van der Waals surface area contributed by atoms with E-state index < -0.39 is 118 Å². The largest absolute Gasteiger partial charge is 0.459 e. The Morgan fingerprint density at radius 3 is 2.21 bits per heavy atom. The molecule has 18 atom stereocenters. The summed E-state index contributed by atoms with van der Waals surface area (Å²) in [4.78, 5) is 33.0. The first-order valence-electron chi connectivity index (χ1n) is 25.1. The van der Waals surface area contributed by atoms with Gasteiger partial charge in [-0.25, -0.2) is 17.9 Å². The topological polar surface area (TPSA) is 270 Å². The van der Waals surface area contributed by atoms with Crippen molar-refractivity contribution >= 4 is 22.0 Å². The lowest BCUT2D eigenvalue weighted by Crippen LogP contribution is -2.60. The van der Waals surface area contributed by atoms with E-state index in [0.29, 0.717) is 6.42 Å². The molecule has 3 aliphatic rings. The second kappa shape index (κ2) is 25.4. The quantitative estimate of drug-likeness (QED) is 0.138. The first kappa shape index (κ1) is 60.5. The van der Waals surface area contributed by atoms with Crippen LogP contribution in [0.5, 0.6) is 0 Å². The Hall–Kier alpha value is -3.08. The van der Waals surface area contributed by atoms with E-state index in [1.54, 1.807) is 54.5 Å². The molecule has 1 unspecified atom stereocenters. The number of hydrogen-bond acceptors (Lipinski definition) is 18. The van der Waals surface area contributed by atoms with Crippen molar-refractivity contribution in [1.29, 1.82) is 5.26 Å². The van der Waals surface area contributed by atoms with Gasteiger partial charge in [0.15, 0.2) is 12.6 Å². The number of methoxy groups -OCH3 is 1. The van der Waals surface area contributed by atoms with E-state index in [1.807, 2.05) is 43.8 Å². The molecule has 3 heterocycles. The van der Waals surface area contributed by atoms with Gasteiger partial charge in [-0.05, 0) is 106 Å². The number of nitrogens with zero attached hydrogens (tertiary/aromatic N) is 4. The standard InChI is InChI=1S/C50H85N5O15S/c1-14-38-50(10,62)42(57)34(6)55(25-19-24-54(23-18-22-51)47(60)52-71(63,64)36-20-16-15-17-21-36)29-30(2)27-48(8,61)44(70-46-40(56)37(53(11)12)26-31(3)66-46)32(4)41(33(5)45(59)68-38)69-39-28-49(9,65-13)43(58)35(7)67-39/h15-17,20-21,30-35,37-44,46,56-58,61-62H,14,18-19,23-29H2,1-13H3,(H,52,60)/t30-,31+,32-,33+,34-,35-,37+,38-,39?,40+,41+,42-,43-,44-,46-,48-,49+,50-/m1/s1. The van der Waals surface area contributed by atoms with Crippen molar-refractivity contribution in [3.05, 3.63) is 30.3 Å². The zero-order valence-electron chi connectivity index (χ0n) is 44.1. The molecule has 71 heavy (non-hydrogen) atoms. The number of nitriles is 1. The van der Waals surface area contributed by atoms with Crippen LogP contribution in [0.1, 0.15) is 108 Å². The van der Waals surface area contributed by atoms with E-state index in [9.17, 15) is 48.8 Å². The van der Waals surface area contributed by atoms with Crippen molar-refractivity contribution in [3.8, 4) is 6.07 Å². The maximum absolute atomic E-state index is 14.6. The van der Waals surface area contributed by atoms with E-state index in [2.05, 4.69) is 4.72 Å². The molecule has 3 aliphatic heterocycles. The zero-order valence-corrected chi connectivity index (χ0v) is 45.0. The summed E-state index contributed by atoms with van der Waals surface area (Å²) in [6.45, 7) is 17.3. The molecule has 0 aliphatic carbocycles. The summed E-state index contributed by atoms with van der Waals surface area (Å²) in [6, 6.07) is 7.31. The van der Waals surface area contributed by atoms with E-state index >= 15 is 0 Å². The lowest BCUT2D eigenvalue weighted by Gasteiger charge is -2.48. The van der Waals surface area contributed by atoms with E-state index in [0.717, 1.165) is 0 Å². The molecule has 1 aromatic rings. The van der Waals surface area contributed by atoms with Gasteiger partial charge in [-0.1, -0.05) is 39.0 Å². The highest BCUT2D eigenvalue weighted by molar-refractivity contribution is 7.90. The first-order valence-corrected chi connectivity index (χ1v) is 26.5. The van der Waals surface area contributed by atoms with Crippen LogP contribution in [0, 0.1) is 29.1 Å². The number of sulfonamides is 1. The molecule has 0 saturated carbocycles. The van der Waals surface area contributed by atoms with Gasteiger partial charge in [0.1, 0.15) is 30.0 Å². The minimum Gasteiger partial charge on any atom is -0.459 e. The molecule has 0 radical (unpaired) electrons. The Morgan fingerprint density at radius 1 is 0.972 bits per heavy atom. The molecule has 0 bridgehead atoms.